The van der Waals surface area contributed by atoms with Crippen LogP contribution in [0.5, 0.6) is 11.5 Å². The number of carbonyl (C=O) groups excluding carboxylic acids is 1. The Morgan fingerprint density at radius 3 is 2.22 bits per heavy atom. The van der Waals surface area contributed by atoms with Crippen LogP contribution in [0.2, 0.25) is 5.02 Å². The molecule has 194 valence electrons. The van der Waals surface area contributed by atoms with Gasteiger partial charge in [0.15, 0.2) is 17.7 Å². The molecule has 1 N–H and O–H groups in total. The third-order valence-electron chi connectivity index (χ3n) is 6.72. The van der Waals surface area contributed by atoms with Gasteiger partial charge in [0.05, 0.1) is 0 Å². The van der Waals surface area contributed by atoms with E-state index in [4.69, 9.17) is 21.1 Å². The van der Waals surface area contributed by atoms with Crippen LogP contribution in [0.25, 0.3) is 0 Å². The Morgan fingerprint density at radius 1 is 1.03 bits per heavy atom. The predicted octanol–water partition coefficient (Wildman–Crippen LogP) is 7.29. The standard InChI is InChI=1S/C29H27ClF2O5/c1-17(21-12-15-24(31)25(16-21)37-23-6-4-3-5-7-23)27(36-18(2)33)29(32,28(34)35)26(19-8-9-19)20-10-13-22(30)14-11-20/h3-7,10-17,19,26-27H,8-9H2,1-2H3,(H,34,35)/t17?,26?,27-,29+/m0/s1. The van der Waals surface area contributed by atoms with Crippen molar-refractivity contribution in [3.05, 3.63) is 94.8 Å². The van der Waals surface area contributed by atoms with Crippen LogP contribution in [0.4, 0.5) is 8.78 Å². The third-order valence-corrected chi connectivity index (χ3v) is 6.97. The first kappa shape index (κ1) is 26.6. The van der Waals surface area contributed by atoms with Crippen molar-refractivity contribution in [1.82, 2.24) is 0 Å². The van der Waals surface area contributed by atoms with Crippen LogP contribution in [-0.4, -0.2) is 28.8 Å². The average molecular weight is 529 g/mol. The van der Waals surface area contributed by atoms with E-state index in [1.165, 1.54) is 12.1 Å². The van der Waals surface area contributed by atoms with Gasteiger partial charge in [0.25, 0.3) is 5.67 Å². The highest BCUT2D eigenvalue weighted by Crippen LogP contribution is 2.53. The molecule has 1 fully saturated rings. The minimum Gasteiger partial charge on any atom is -0.479 e. The zero-order valence-electron chi connectivity index (χ0n) is 20.4. The van der Waals surface area contributed by atoms with E-state index < -0.39 is 41.4 Å². The van der Waals surface area contributed by atoms with Gasteiger partial charge in [-0.3, -0.25) is 4.79 Å². The summed E-state index contributed by atoms with van der Waals surface area (Å²) in [6, 6.07) is 18.8. The number of hydrogen-bond donors (Lipinski definition) is 1. The first-order chi connectivity index (χ1) is 17.6. The molecule has 0 saturated heterocycles. The monoisotopic (exact) mass is 528 g/mol. The van der Waals surface area contributed by atoms with E-state index in [1.807, 2.05) is 0 Å². The summed E-state index contributed by atoms with van der Waals surface area (Å²) in [6.07, 6.45) is -0.434. The molecular weight excluding hydrogens is 502 g/mol. The van der Waals surface area contributed by atoms with E-state index in [9.17, 15) is 19.1 Å². The Bertz CT molecular complexity index is 1260. The number of benzene rings is 3. The third kappa shape index (κ3) is 5.77. The number of ether oxygens (including phenoxy) is 2. The molecule has 0 radical (unpaired) electrons. The van der Waals surface area contributed by atoms with Crippen LogP contribution in [0.15, 0.2) is 72.8 Å². The number of carboxylic acid groups (broad SMARTS) is 1. The van der Waals surface area contributed by atoms with Crippen LogP contribution in [0.3, 0.4) is 0 Å². The van der Waals surface area contributed by atoms with Crippen molar-refractivity contribution < 1.29 is 33.0 Å². The van der Waals surface area contributed by atoms with Gasteiger partial charge in [-0.1, -0.05) is 54.9 Å². The number of para-hydroxylation sites is 1. The molecule has 0 aromatic heterocycles. The normalized spacial score (nSPS) is 17.2. The minimum absolute atomic E-state index is 0.117. The molecule has 0 amide bonds. The summed E-state index contributed by atoms with van der Waals surface area (Å²) in [5.74, 6) is -5.23. The summed E-state index contributed by atoms with van der Waals surface area (Å²) in [6.45, 7) is 2.65. The molecule has 8 heteroatoms. The predicted molar refractivity (Wildman–Crippen MR) is 135 cm³/mol. The van der Waals surface area contributed by atoms with Gasteiger partial charge in [-0.2, -0.15) is 0 Å². The molecule has 0 heterocycles. The summed E-state index contributed by atoms with van der Waals surface area (Å²) in [5.41, 5.74) is -2.17. The fourth-order valence-corrected chi connectivity index (χ4v) is 4.92. The van der Waals surface area contributed by atoms with Crippen molar-refractivity contribution >= 4 is 23.5 Å². The highest BCUT2D eigenvalue weighted by molar-refractivity contribution is 6.30. The summed E-state index contributed by atoms with van der Waals surface area (Å²) in [7, 11) is 0. The van der Waals surface area contributed by atoms with Crippen molar-refractivity contribution in [2.75, 3.05) is 0 Å². The lowest BCUT2D eigenvalue weighted by molar-refractivity contribution is -0.176. The van der Waals surface area contributed by atoms with E-state index in [2.05, 4.69) is 0 Å². The van der Waals surface area contributed by atoms with Crippen molar-refractivity contribution in [2.24, 2.45) is 5.92 Å². The van der Waals surface area contributed by atoms with Crippen molar-refractivity contribution in [3.63, 3.8) is 0 Å². The second kappa shape index (κ2) is 10.9. The maximum atomic E-state index is 17.1. The molecule has 37 heavy (non-hydrogen) atoms. The molecule has 2 unspecified atom stereocenters. The number of carbonyl (C=O) groups is 2. The summed E-state index contributed by atoms with van der Waals surface area (Å²) in [5, 5.41) is 10.7. The highest BCUT2D eigenvalue weighted by atomic mass is 35.5. The van der Waals surface area contributed by atoms with Crippen molar-refractivity contribution in [3.8, 4) is 11.5 Å². The van der Waals surface area contributed by atoms with Gasteiger partial charge in [-0.05, 0) is 66.3 Å². The first-order valence-corrected chi connectivity index (χ1v) is 12.4. The van der Waals surface area contributed by atoms with E-state index >= 15 is 4.39 Å². The Hall–Kier alpha value is -3.45. The molecule has 1 aliphatic carbocycles. The van der Waals surface area contributed by atoms with E-state index in [-0.39, 0.29) is 11.7 Å². The minimum atomic E-state index is -2.98. The molecule has 0 aliphatic heterocycles. The molecule has 0 spiro atoms. The number of esters is 1. The zero-order valence-corrected chi connectivity index (χ0v) is 21.1. The number of hydrogen-bond acceptors (Lipinski definition) is 4. The summed E-state index contributed by atoms with van der Waals surface area (Å²) < 4.78 is 42.8. The Balaban J connectivity index is 1.77. The molecule has 0 bridgehead atoms. The Kier molecular flexibility index (Phi) is 7.83. The Morgan fingerprint density at radius 2 is 1.65 bits per heavy atom. The number of halogens is 3. The fraction of sp³-hybridized carbons (Fsp3) is 0.310. The molecule has 1 saturated carbocycles. The highest BCUT2D eigenvalue weighted by Gasteiger charge is 2.61. The molecule has 4 atom stereocenters. The lowest BCUT2D eigenvalue weighted by Crippen LogP contribution is -2.54. The lowest BCUT2D eigenvalue weighted by atomic mass is 9.72. The summed E-state index contributed by atoms with van der Waals surface area (Å²) in [4.78, 5) is 24.8. The molecule has 3 aromatic carbocycles. The van der Waals surface area contributed by atoms with Gasteiger partial charge in [-0.15, -0.1) is 0 Å². The van der Waals surface area contributed by atoms with Gasteiger partial charge >= 0.3 is 11.9 Å². The van der Waals surface area contributed by atoms with Crippen molar-refractivity contribution in [2.45, 2.75) is 50.3 Å². The van der Waals surface area contributed by atoms with Crippen LogP contribution >= 0.6 is 11.6 Å². The number of aliphatic carboxylic acids is 1. The van der Waals surface area contributed by atoms with Gasteiger partial charge in [0, 0.05) is 23.8 Å². The van der Waals surface area contributed by atoms with Gasteiger partial charge in [0.2, 0.25) is 0 Å². The maximum Gasteiger partial charge on any atom is 0.346 e. The Labute approximate surface area is 219 Å². The number of rotatable bonds is 10. The van der Waals surface area contributed by atoms with E-state index in [0.29, 0.717) is 34.7 Å². The van der Waals surface area contributed by atoms with Gasteiger partial charge < -0.3 is 14.6 Å². The van der Waals surface area contributed by atoms with Crippen LogP contribution in [0.1, 0.15) is 49.7 Å². The second-order valence-electron chi connectivity index (χ2n) is 9.36. The van der Waals surface area contributed by atoms with Crippen LogP contribution < -0.4 is 4.74 Å². The van der Waals surface area contributed by atoms with Gasteiger partial charge in [0.1, 0.15) is 5.75 Å². The van der Waals surface area contributed by atoms with E-state index in [1.54, 1.807) is 61.5 Å². The van der Waals surface area contributed by atoms with Crippen molar-refractivity contribution in [1.29, 1.82) is 0 Å². The lowest BCUT2D eigenvalue weighted by Gasteiger charge is -2.39. The number of carboxylic acids is 1. The quantitative estimate of drug-likeness (QED) is 0.280. The van der Waals surface area contributed by atoms with Crippen LogP contribution in [-0.2, 0) is 14.3 Å². The molecule has 4 rings (SSSR count). The smallest absolute Gasteiger partial charge is 0.346 e. The molecular formula is C29H27ClF2O5. The average Bonchev–Trinajstić information content (AvgIpc) is 3.70. The van der Waals surface area contributed by atoms with E-state index in [0.717, 1.165) is 13.0 Å². The largest absolute Gasteiger partial charge is 0.479 e. The topological polar surface area (TPSA) is 72.8 Å². The SMILES string of the molecule is CC(=O)O[C@@H](C(C)c1ccc(F)c(Oc2ccccc2)c1)[C@@](F)(C(=O)O)C(c1ccc(Cl)cc1)C1CC1. The number of alkyl halides is 1. The second-order valence-corrected chi connectivity index (χ2v) is 9.80. The molecule has 3 aromatic rings. The van der Waals surface area contributed by atoms with Gasteiger partial charge in [-0.25, -0.2) is 13.6 Å². The fourth-order valence-electron chi connectivity index (χ4n) is 4.79. The first-order valence-electron chi connectivity index (χ1n) is 12.0. The maximum absolute atomic E-state index is 17.1. The summed E-state index contributed by atoms with van der Waals surface area (Å²) >= 11 is 6.01. The van der Waals surface area contributed by atoms with Crippen LogP contribution in [0, 0.1) is 11.7 Å². The zero-order chi connectivity index (χ0) is 26.7. The molecule has 1 aliphatic rings. The molecule has 5 nitrogen and oxygen atoms in total.